The van der Waals surface area contributed by atoms with Crippen LogP contribution < -0.4 is 4.74 Å². The molecule has 0 fully saturated rings. The molecule has 0 saturated heterocycles. The number of hydrogen-bond donors (Lipinski definition) is 0. The van der Waals surface area contributed by atoms with Crippen molar-refractivity contribution < 1.29 is 13.2 Å². The van der Waals surface area contributed by atoms with E-state index >= 15 is 0 Å². The molecular weight excluding hydrogens is 290 g/mol. The maximum absolute atomic E-state index is 12.5. The first-order chi connectivity index (χ1) is 9.84. The van der Waals surface area contributed by atoms with Gasteiger partial charge < -0.3 is 4.74 Å². The van der Waals surface area contributed by atoms with Crippen LogP contribution in [0, 0.1) is 6.92 Å². The summed E-state index contributed by atoms with van der Waals surface area (Å²) in [7, 11) is 1.39. The average molecular weight is 309 g/mol. The molecule has 6 nitrogen and oxygen atoms in total. The van der Waals surface area contributed by atoms with E-state index in [1.54, 1.807) is 43.1 Å². The first-order valence-corrected chi connectivity index (χ1v) is 7.88. The molecule has 1 aromatic carbocycles. The van der Waals surface area contributed by atoms with Crippen molar-refractivity contribution in [3.8, 4) is 5.75 Å². The molecule has 1 heterocycles. The van der Waals surface area contributed by atoms with E-state index in [2.05, 4.69) is 5.10 Å². The molecule has 2 rings (SSSR count). The van der Waals surface area contributed by atoms with Crippen LogP contribution in [-0.2, 0) is 23.6 Å². The molecule has 0 amide bonds. The van der Waals surface area contributed by atoms with E-state index in [-0.39, 0.29) is 11.4 Å². The van der Waals surface area contributed by atoms with Gasteiger partial charge >= 0.3 is 0 Å². The van der Waals surface area contributed by atoms with Crippen LogP contribution >= 0.6 is 0 Å². The topological polar surface area (TPSA) is 64.4 Å². The normalized spacial score (nSPS) is 11.9. The molecule has 114 valence electrons. The van der Waals surface area contributed by atoms with Crippen molar-refractivity contribution in [2.45, 2.75) is 18.4 Å². The summed E-state index contributed by atoms with van der Waals surface area (Å²) in [6.07, 6.45) is 1.83. The molecule has 7 heteroatoms. The van der Waals surface area contributed by atoms with Crippen LogP contribution in [0.1, 0.15) is 11.3 Å². The standard InChI is InChI=1S/C14H19N3O3S/c1-11-12(9-16(2)15-11)10-17(3)21(18,19)14-7-5-13(20-4)6-8-14/h5-9H,10H2,1-4H3. The fourth-order valence-electron chi connectivity index (χ4n) is 2.06. The van der Waals surface area contributed by atoms with Gasteiger partial charge in [0.1, 0.15) is 5.75 Å². The zero-order chi connectivity index (χ0) is 15.6. The predicted molar refractivity (Wildman–Crippen MR) is 79.6 cm³/mol. The van der Waals surface area contributed by atoms with Crippen molar-refractivity contribution in [2.75, 3.05) is 14.2 Å². The smallest absolute Gasteiger partial charge is 0.243 e. The number of sulfonamides is 1. The number of ether oxygens (including phenoxy) is 1. The Morgan fingerprint density at radius 2 is 1.90 bits per heavy atom. The zero-order valence-electron chi connectivity index (χ0n) is 12.6. The lowest BCUT2D eigenvalue weighted by Crippen LogP contribution is -2.26. The van der Waals surface area contributed by atoms with Gasteiger partial charge in [-0.15, -0.1) is 0 Å². The van der Waals surface area contributed by atoms with Gasteiger partial charge in [0.2, 0.25) is 10.0 Å². The molecule has 2 aromatic rings. The fraction of sp³-hybridized carbons (Fsp3) is 0.357. The highest BCUT2D eigenvalue weighted by Gasteiger charge is 2.22. The summed E-state index contributed by atoms with van der Waals surface area (Å²) in [6.45, 7) is 2.15. The number of methoxy groups -OCH3 is 1. The molecule has 0 aliphatic rings. The molecule has 0 atom stereocenters. The second-order valence-electron chi connectivity index (χ2n) is 4.85. The van der Waals surface area contributed by atoms with Crippen molar-refractivity contribution in [2.24, 2.45) is 7.05 Å². The zero-order valence-corrected chi connectivity index (χ0v) is 13.4. The van der Waals surface area contributed by atoms with Crippen LogP contribution in [0.2, 0.25) is 0 Å². The van der Waals surface area contributed by atoms with E-state index in [9.17, 15) is 8.42 Å². The van der Waals surface area contributed by atoms with Crippen molar-refractivity contribution in [1.29, 1.82) is 0 Å². The van der Waals surface area contributed by atoms with Crippen molar-refractivity contribution in [3.05, 3.63) is 41.7 Å². The minimum Gasteiger partial charge on any atom is -0.497 e. The summed E-state index contributed by atoms with van der Waals surface area (Å²) in [5, 5.41) is 4.22. The second kappa shape index (κ2) is 5.87. The summed E-state index contributed by atoms with van der Waals surface area (Å²) >= 11 is 0. The first-order valence-electron chi connectivity index (χ1n) is 6.44. The molecule has 21 heavy (non-hydrogen) atoms. The number of nitrogens with zero attached hydrogens (tertiary/aromatic N) is 3. The van der Waals surface area contributed by atoms with Gasteiger partial charge in [-0.25, -0.2) is 8.42 Å². The van der Waals surface area contributed by atoms with Gasteiger partial charge in [-0.2, -0.15) is 9.40 Å². The fourth-order valence-corrected chi connectivity index (χ4v) is 3.21. The summed E-state index contributed by atoms with van der Waals surface area (Å²) in [5.41, 5.74) is 1.71. The number of benzene rings is 1. The predicted octanol–water partition coefficient (Wildman–Crippen LogP) is 1.56. The van der Waals surface area contributed by atoms with Crippen LogP contribution in [0.25, 0.3) is 0 Å². The Bertz CT molecular complexity index is 720. The molecule has 0 saturated carbocycles. The minimum absolute atomic E-state index is 0.243. The molecule has 0 N–H and O–H groups in total. The molecule has 0 spiro atoms. The van der Waals surface area contributed by atoms with E-state index in [1.807, 2.05) is 20.2 Å². The van der Waals surface area contributed by atoms with Gasteiger partial charge in [-0.3, -0.25) is 4.68 Å². The number of aryl methyl sites for hydroxylation is 2. The third-order valence-electron chi connectivity index (χ3n) is 3.28. The average Bonchev–Trinajstić information content (AvgIpc) is 2.76. The SMILES string of the molecule is COc1ccc(S(=O)(=O)N(C)Cc2cn(C)nc2C)cc1. The summed E-state index contributed by atoms with van der Waals surface area (Å²) in [4.78, 5) is 0.243. The van der Waals surface area contributed by atoms with Crippen LogP contribution in [0.4, 0.5) is 0 Å². The third kappa shape index (κ3) is 3.25. The number of rotatable bonds is 5. The largest absolute Gasteiger partial charge is 0.497 e. The van der Waals surface area contributed by atoms with Crippen LogP contribution in [0.15, 0.2) is 35.4 Å². The van der Waals surface area contributed by atoms with Gasteiger partial charge in [0.15, 0.2) is 0 Å². The lowest BCUT2D eigenvalue weighted by molar-refractivity contribution is 0.414. The Morgan fingerprint density at radius 1 is 1.29 bits per heavy atom. The highest BCUT2D eigenvalue weighted by molar-refractivity contribution is 7.89. The number of hydrogen-bond acceptors (Lipinski definition) is 4. The van der Waals surface area contributed by atoms with Gasteiger partial charge in [0.05, 0.1) is 17.7 Å². The molecule has 0 radical (unpaired) electrons. The van der Waals surface area contributed by atoms with E-state index in [1.165, 1.54) is 4.31 Å². The van der Waals surface area contributed by atoms with Crippen molar-refractivity contribution in [1.82, 2.24) is 14.1 Å². The van der Waals surface area contributed by atoms with Crippen LogP contribution in [0.3, 0.4) is 0 Å². The Balaban J connectivity index is 2.23. The van der Waals surface area contributed by atoms with Gasteiger partial charge in [0, 0.05) is 32.4 Å². The van der Waals surface area contributed by atoms with Gasteiger partial charge in [0.25, 0.3) is 0 Å². The summed E-state index contributed by atoms with van der Waals surface area (Å²) in [6, 6.07) is 6.35. The van der Waals surface area contributed by atoms with Crippen LogP contribution in [0.5, 0.6) is 5.75 Å². The summed E-state index contributed by atoms with van der Waals surface area (Å²) < 4.78 is 33.1. The molecule has 0 unspecified atom stereocenters. The molecule has 0 aliphatic heterocycles. The van der Waals surface area contributed by atoms with Crippen molar-refractivity contribution in [3.63, 3.8) is 0 Å². The van der Waals surface area contributed by atoms with Gasteiger partial charge in [-0.1, -0.05) is 0 Å². The monoisotopic (exact) mass is 309 g/mol. The number of aromatic nitrogens is 2. The van der Waals surface area contributed by atoms with E-state index in [4.69, 9.17) is 4.74 Å². The minimum atomic E-state index is -3.53. The molecular formula is C14H19N3O3S. The lowest BCUT2D eigenvalue weighted by atomic mass is 10.3. The Labute approximate surface area is 125 Å². The Kier molecular flexibility index (Phi) is 4.34. The molecule has 0 bridgehead atoms. The highest BCUT2D eigenvalue weighted by atomic mass is 32.2. The van der Waals surface area contributed by atoms with E-state index < -0.39 is 10.0 Å². The maximum Gasteiger partial charge on any atom is 0.243 e. The maximum atomic E-state index is 12.5. The Morgan fingerprint density at radius 3 is 2.38 bits per heavy atom. The van der Waals surface area contributed by atoms with Crippen LogP contribution in [-0.4, -0.2) is 36.7 Å². The summed E-state index contributed by atoms with van der Waals surface area (Å²) in [5.74, 6) is 0.625. The Hall–Kier alpha value is -1.86. The molecule has 1 aromatic heterocycles. The quantitative estimate of drug-likeness (QED) is 0.841. The van der Waals surface area contributed by atoms with E-state index in [0.29, 0.717) is 5.75 Å². The third-order valence-corrected chi connectivity index (χ3v) is 5.09. The highest BCUT2D eigenvalue weighted by Crippen LogP contribution is 2.20. The second-order valence-corrected chi connectivity index (χ2v) is 6.89. The van der Waals surface area contributed by atoms with Gasteiger partial charge in [-0.05, 0) is 31.2 Å². The van der Waals surface area contributed by atoms with Crippen molar-refractivity contribution >= 4 is 10.0 Å². The first kappa shape index (κ1) is 15.5. The van der Waals surface area contributed by atoms with E-state index in [0.717, 1.165) is 11.3 Å². The molecule has 0 aliphatic carbocycles. The lowest BCUT2D eigenvalue weighted by Gasteiger charge is -2.17.